The van der Waals surface area contributed by atoms with Gasteiger partial charge in [0.15, 0.2) is 12.4 Å². The lowest BCUT2D eigenvalue weighted by atomic mass is 10.1. The molecule has 0 spiro atoms. The lowest BCUT2D eigenvalue weighted by Crippen LogP contribution is -2.17. The van der Waals surface area contributed by atoms with Crippen molar-refractivity contribution < 1.29 is 23.5 Å². The fraction of sp³-hybridized carbons (Fsp3) is 0.167. The van der Waals surface area contributed by atoms with E-state index in [1.54, 1.807) is 12.1 Å². The maximum atomic E-state index is 12.8. The Bertz CT molecular complexity index is 824. The van der Waals surface area contributed by atoms with E-state index in [4.69, 9.17) is 27.9 Å². The van der Waals surface area contributed by atoms with Crippen molar-refractivity contribution in [1.82, 2.24) is 0 Å². The number of carbonyl (C=O) groups excluding carboxylic acids is 3. The Hall–Kier alpha value is -2.44. The lowest BCUT2D eigenvalue weighted by Gasteiger charge is -2.08. The van der Waals surface area contributed by atoms with Gasteiger partial charge in [0.1, 0.15) is 5.82 Å². The Balaban J connectivity index is 1.74. The predicted molar refractivity (Wildman–Crippen MR) is 96.0 cm³/mol. The Morgan fingerprint density at radius 3 is 2.35 bits per heavy atom. The Morgan fingerprint density at radius 1 is 1.00 bits per heavy atom. The van der Waals surface area contributed by atoms with E-state index < -0.39 is 30.1 Å². The number of ether oxygens (including phenoxy) is 1. The van der Waals surface area contributed by atoms with Gasteiger partial charge in [0.2, 0.25) is 5.91 Å². The molecule has 0 aliphatic heterocycles. The minimum absolute atomic E-state index is 0.136. The van der Waals surface area contributed by atoms with E-state index >= 15 is 0 Å². The third kappa shape index (κ3) is 6.13. The van der Waals surface area contributed by atoms with Crippen LogP contribution >= 0.6 is 23.2 Å². The molecule has 0 aliphatic rings. The average Bonchev–Trinajstić information content (AvgIpc) is 2.61. The molecule has 0 atom stereocenters. The lowest BCUT2D eigenvalue weighted by molar-refractivity contribution is -0.143. The minimum Gasteiger partial charge on any atom is -0.457 e. The molecule has 26 heavy (non-hydrogen) atoms. The highest BCUT2D eigenvalue weighted by atomic mass is 35.5. The Kier molecular flexibility index (Phi) is 7.12. The van der Waals surface area contributed by atoms with Crippen molar-refractivity contribution in [2.75, 3.05) is 11.9 Å². The highest BCUT2D eigenvalue weighted by molar-refractivity contribution is 6.36. The molecule has 1 N–H and O–H groups in total. The van der Waals surface area contributed by atoms with Crippen molar-refractivity contribution in [3.63, 3.8) is 0 Å². The molecule has 8 heteroatoms. The number of esters is 1. The van der Waals surface area contributed by atoms with Gasteiger partial charge < -0.3 is 10.1 Å². The van der Waals surface area contributed by atoms with E-state index in [9.17, 15) is 18.8 Å². The standard InChI is InChI=1S/C18H14Cl2FNO4/c19-12-3-6-15(14(20)9-12)22-17(24)7-8-18(25)26-10-16(23)11-1-4-13(21)5-2-11/h1-6,9H,7-8,10H2,(H,22,24). The van der Waals surface area contributed by atoms with Crippen LogP contribution in [0.4, 0.5) is 10.1 Å². The summed E-state index contributed by atoms with van der Waals surface area (Å²) in [6.07, 6.45) is -0.337. The molecule has 0 bridgehead atoms. The number of nitrogens with one attached hydrogen (secondary N) is 1. The van der Waals surface area contributed by atoms with Crippen molar-refractivity contribution in [2.24, 2.45) is 0 Å². The van der Waals surface area contributed by atoms with Crippen LogP contribution in [0.2, 0.25) is 10.0 Å². The smallest absolute Gasteiger partial charge is 0.306 e. The van der Waals surface area contributed by atoms with Crippen LogP contribution in [0.25, 0.3) is 0 Å². The van der Waals surface area contributed by atoms with Gasteiger partial charge >= 0.3 is 5.97 Å². The van der Waals surface area contributed by atoms with Crippen molar-refractivity contribution in [3.05, 3.63) is 63.9 Å². The van der Waals surface area contributed by atoms with Gasteiger partial charge in [0, 0.05) is 17.0 Å². The third-order valence-electron chi connectivity index (χ3n) is 3.29. The van der Waals surface area contributed by atoms with E-state index in [0.29, 0.717) is 10.7 Å². The number of ketones is 1. The molecule has 0 unspecified atom stereocenters. The van der Waals surface area contributed by atoms with Crippen LogP contribution in [0, 0.1) is 5.82 Å². The van der Waals surface area contributed by atoms with Crippen molar-refractivity contribution >= 4 is 46.5 Å². The number of benzene rings is 2. The summed E-state index contributed by atoms with van der Waals surface area (Å²) in [6, 6.07) is 9.47. The van der Waals surface area contributed by atoms with Crippen LogP contribution < -0.4 is 5.32 Å². The molecule has 2 aromatic rings. The van der Waals surface area contributed by atoms with E-state index in [1.165, 1.54) is 18.2 Å². The molecular formula is C18H14Cl2FNO4. The number of carbonyl (C=O) groups is 3. The highest BCUT2D eigenvalue weighted by Gasteiger charge is 2.13. The summed E-state index contributed by atoms with van der Waals surface area (Å²) in [5, 5.41) is 3.26. The minimum atomic E-state index is -0.696. The van der Waals surface area contributed by atoms with Crippen LogP contribution in [0.1, 0.15) is 23.2 Å². The van der Waals surface area contributed by atoms with Crippen LogP contribution in [0.5, 0.6) is 0 Å². The first-order valence-corrected chi connectivity index (χ1v) is 8.30. The summed E-state index contributed by atoms with van der Waals surface area (Å²) in [5.74, 6) is -2.06. The zero-order chi connectivity index (χ0) is 19.1. The normalized spacial score (nSPS) is 10.3. The van der Waals surface area contributed by atoms with Crippen LogP contribution in [0.3, 0.4) is 0 Å². The van der Waals surface area contributed by atoms with Crippen LogP contribution in [-0.4, -0.2) is 24.3 Å². The van der Waals surface area contributed by atoms with Gasteiger partial charge in [-0.3, -0.25) is 14.4 Å². The molecule has 2 aromatic carbocycles. The number of hydrogen-bond donors (Lipinski definition) is 1. The largest absolute Gasteiger partial charge is 0.457 e. The summed E-state index contributed by atoms with van der Waals surface area (Å²) in [6.45, 7) is -0.477. The summed E-state index contributed by atoms with van der Waals surface area (Å²) >= 11 is 11.7. The number of amides is 1. The first kappa shape index (κ1) is 19.9. The van der Waals surface area contributed by atoms with E-state index in [1.807, 2.05) is 0 Å². The third-order valence-corrected chi connectivity index (χ3v) is 3.84. The molecule has 0 saturated heterocycles. The second-order valence-electron chi connectivity index (χ2n) is 5.26. The number of halogens is 3. The fourth-order valence-electron chi connectivity index (χ4n) is 1.96. The summed E-state index contributed by atoms with van der Waals surface area (Å²) < 4.78 is 17.6. The second-order valence-corrected chi connectivity index (χ2v) is 6.11. The number of Topliss-reactive ketones (excluding diaryl/α,β-unsaturated/α-hetero) is 1. The zero-order valence-corrected chi connectivity index (χ0v) is 14.9. The molecule has 2 rings (SSSR count). The van der Waals surface area contributed by atoms with Crippen molar-refractivity contribution in [3.8, 4) is 0 Å². The Labute approximate surface area is 159 Å². The van der Waals surface area contributed by atoms with Gasteiger partial charge in [-0.2, -0.15) is 0 Å². The number of anilines is 1. The monoisotopic (exact) mass is 397 g/mol. The molecule has 1 amide bonds. The molecular weight excluding hydrogens is 384 g/mol. The maximum absolute atomic E-state index is 12.8. The summed E-state index contributed by atoms with van der Waals surface area (Å²) in [4.78, 5) is 35.3. The molecule has 0 aromatic heterocycles. The van der Waals surface area contributed by atoms with Crippen molar-refractivity contribution in [2.45, 2.75) is 12.8 Å². The van der Waals surface area contributed by atoms with Gasteiger partial charge in [-0.25, -0.2) is 4.39 Å². The van der Waals surface area contributed by atoms with E-state index in [0.717, 1.165) is 12.1 Å². The van der Waals surface area contributed by atoms with Crippen LogP contribution in [-0.2, 0) is 14.3 Å². The van der Waals surface area contributed by atoms with Gasteiger partial charge in [0.05, 0.1) is 17.1 Å². The van der Waals surface area contributed by atoms with E-state index in [-0.39, 0.29) is 23.4 Å². The molecule has 0 fully saturated rings. The van der Waals surface area contributed by atoms with Gasteiger partial charge in [-0.15, -0.1) is 0 Å². The first-order chi connectivity index (χ1) is 12.3. The zero-order valence-electron chi connectivity index (χ0n) is 13.4. The van der Waals surface area contributed by atoms with E-state index in [2.05, 4.69) is 5.32 Å². The number of rotatable bonds is 7. The molecule has 0 heterocycles. The first-order valence-electron chi connectivity index (χ1n) is 7.54. The molecule has 0 saturated carbocycles. The molecule has 0 radical (unpaired) electrons. The van der Waals surface area contributed by atoms with Crippen LogP contribution in [0.15, 0.2) is 42.5 Å². The topological polar surface area (TPSA) is 72.5 Å². The maximum Gasteiger partial charge on any atom is 0.306 e. The molecule has 0 aliphatic carbocycles. The van der Waals surface area contributed by atoms with Gasteiger partial charge in [-0.05, 0) is 42.5 Å². The summed E-state index contributed by atoms with van der Waals surface area (Å²) in [5.41, 5.74) is 0.607. The summed E-state index contributed by atoms with van der Waals surface area (Å²) in [7, 11) is 0. The fourth-order valence-corrected chi connectivity index (χ4v) is 2.41. The quantitative estimate of drug-likeness (QED) is 0.558. The molecule has 5 nitrogen and oxygen atoms in total. The number of hydrogen-bond acceptors (Lipinski definition) is 4. The Morgan fingerprint density at radius 2 is 1.69 bits per heavy atom. The SMILES string of the molecule is O=C(CCC(=O)OCC(=O)c1ccc(F)cc1)Nc1ccc(Cl)cc1Cl. The second kappa shape index (κ2) is 9.31. The average molecular weight is 398 g/mol. The van der Waals surface area contributed by atoms with Gasteiger partial charge in [-0.1, -0.05) is 23.2 Å². The predicted octanol–water partition coefficient (Wildman–Crippen LogP) is 4.28. The highest BCUT2D eigenvalue weighted by Crippen LogP contribution is 2.25. The van der Waals surface area contributed by atoms with Gasteiger partial charge in [0.25, 0.3) is 0 Å². The molecule has 136 valence electrons. The van der Waals surface area contributed by atoms with Crippen molar-refractivity contribution in [1.29, 1.82) is 0 Å².